The lowest BCUT2D eigenvalue weighted by atomic mass is 9.96. The molecule has 1 aliphatic rings. The third-order valence-electron chi connectivity index (χ3n) is 3.24. The van der Waals surface area contributed by atoms with Gasteiger partial charge in [0, 0.05) is 24.1 Å². The smallest absolute Gasteiger partial charge is 0.0590 e. The van der Waals surface area contributed by atoms with Crippen LogP contribution in [0.25, 0.3) is 0 Å². The molecule has 1 N–H and O–H groups in total. The zero-order valence-electron chi connectivity index (χ0n) is 9.56. The molecule has 1 aliphatic heterocycles. The van der Waals surface area contributed by atoms with Gasteiger partial charge in [0.2, 0.25) is 0 Å². The molecule has 0 aliphatic carbocycles. The Bertz CT molecular complexity index is 356. The van der Waals surface area contributed by atoms with Crippen molar-refractivity contribution in [1.29, 1.82) is 0 Å². The average molecular weight is 284 g/mol. The highest BCUT2D eigenvalue weighted by Crippen LogP contribution is 2.19. The molecule has 0 spiro atoms. The lowest BCUT2D eigenvalue weighted by Crippen LogP contribution is -2.41. The number of halogens is 1. The zero-order valence-corrected chi connectivity index (χ0v) is 11.2. The van der Waals surface area contributed by atoms with Gasteiger partial charge in [-0.3, -0.25) is 4.90 Å². The van der Waals surface area contributed by atoms with Gasteiger partial charge in [0.05, 0.1) is 6.10 Å². The van der Waals surface area contributed by atoms with Crippen LogP contribution in [0.1, 0.15) is 18.9 Å². The highest BCUT2D eigenvalue weighted by atomic mass is 79.9. The molecule has 2 rings (SSSR count). The summed E-state index contributed by atoms with van der Waals surface area (Å²) >= 11 is 3.49. The van der Waals surface area contributed by atoms with Gasteiger partial charge >= 0.3 is 0 Å². The maximum atomic E-state index is 9.67. The number of rotatable bonds is 2. The Morgan fingerprint density at radius 1 is 1.50 bits per heavy atom. The minimum absolute atomic E-state index is 0.112. The van der Waals surface area contributed by atoms with Crippen molar-refractivity contribution in [3.8, 4) is 0 Å². The van der Waals surface area contributed by atoms with E-state index in [1.165, 1.54) is 5.56 Å². The van der Waals surface area contributed by atoms with Crippen LogP contribution in [-0.4, -0.2) is 29.2 Å². The molecular weight excluding hydrogens is 266 g/mol. The molecule has 88 valence electrons. The van der Waals surface area contributed by atoms with Crippen LogP contribution in [-0.2, 0) is 6.54 Å². The number of aliphatic hydroxyl groups excluding tert-OH is 1. The monoisotopic (exact) mass is 283 g/mol. The molecule has 0 radical (unpaired) electrons. The number of aliphatic hydroxyl groups is 1. The second-order valence-electron chi connectivity index (χ2n) is 4.70. The van der Waals surface area contributed by atoms with Crippen molar-refractivity contribution in [2.45, 2.75) is 26.0 Å². The van der Waals surface area contributed by atoms with Gasteiger partial charge in [-0.2, -0.15) is 0 Å². The Hall–Kier alpha value is -0.380. The third kappa shape index (κ3) is 3.06. The second-order valence-corrected chi connectivity index (χ2v) is 5.61. The number of nitrogens with zero attached hydrogens (tertiary/aromatic N) is 1. The Morgan fingerprint density at radius 2 is 2.31 bits per heavy atom. The Labute approximate surface area is 105 Å². The van der Waals surface area contributed by atoms with Crippen LogP contribution in [0, 0.1) is 5.92 Å². The number of hydrogen-bond donors (Lipinski definition) is 1. The van der Waals surface area contributed by atoms with E-state index < -0.39 is 0 Å². The second kappa shape index (κ2) is 5.30. The van der Waals surface area contributed by atoms with Crippen LogP contribution in [0.5, 0.6) is 0 Å². The lowest BCUT2D eigenvalue weighted by molar-refractivity contribution is 0.0320. The molecule has 3 heteroatoms. The first-order valence-corrected chi connectivity index (χ1v) is 6.59. The normalized spacial score (nSPS) is 26.9. The van der Waals surface area contributed by atoms with Gasteiger partial charge in [0.1, 0.15) is 0 Å². The predicted octanol–water partition coefficient (Wildman–Crippen LogP) is 2.65. The van der Waals surface area contributed by atoms with Crippen molar-refractivity contribution in [3.05, 3.63) is 34.3 Å². The van der Waals surface area contributed by atoms with E-state index in [-0.39, 0.29) is 6.10 Å². The Balaban J connectivity index is 1.95. The summed E-state index contributed by atoms with van der Waals surface area (Å²) in [6.07, 6.45) is 0.786. The first-order chi connectivity index (χ1) is 7.65. The van der Waals surface area contributed by atoms with Crippen molar-refractivity contribution < 1.29 is 5.11 Å². The van der Waals surface area contributed by atoms with Gasteiger partial charge in [0.25, 0.3) is 0 Å². The number of benzene rings is 1. The van der Waals surface area contributed by atoms with E-state index >= 15 is 0 Å². The predicted molar refractivity (Wildman–Crippen MR) is 69.2 cm³/mol. The molecule has 1 aromatic rings. The van der Waals surface area contributed by atoms with E-state index in [2.05, 4.69) is 46.0 Å². The van der Waals surface area contributed by atoms with E-state index in [9.17, 15) is 5.11 Å². The summed E-state index contributed by atoms with van der Waals surface area (Å²) in [5.41, 5.74) is 1.33. The lowest BCUT2D eigenvalue weighted by Gasteiger charge is -2.34. The van der Waals surface area contributed by atoms with Crippen molar-refractivity contribution >= 4 is 15.9 Å². The molecule has 2 nitrogen and oxygen atoms in total. The summed E-state index contributed by atoms with van der Waals surface area (Å²) in [6.45, 7) is 5.10. The van der Waals surface area contributed by atoms with Crippen molar-refractivity contribution in [2.24, 2.45) is 5.92 Å². The van der Waals surface area contributed by atoms with E-state index in [1.54, 1.807) is 0 Å². The average Bonchev–Trinajstić information content (AvgIpc) is 2.24. The molecule has 2 atom stereocenters. The Morgan fingerprint density at radius 3 is 3.00 bits per heavy atom. The molecule has 1 saturated heterocycles. The molecule has 0 aromatic heterocycles. The minimum atomic E-state index is -0.112. The standard InChI is InChI=1S/C13H18BrNO/c1-10-8-15(6-5-13(10)16)9-11-3-2-4-12(14)7-11/h2-4,7,10,13,16H,5-6,8-9H2,1H3. The summed E-state index contributed by atoms with van der Waals surface area (Å²) in [7, 11) is 0. The summed E-state index contributed by atoms with van der Waals surface area (Å²) in [5.74, 6) is 0.390. The molecule has 0 saturated carbocycles. The minimum Gasteiger partial charge on any atom is -0.393 e. The topological polar surface area (TPSA) is 23.5 Å². The van der Waals surface area contributed by atoms with Gasteiger partial charge in [-0.1, -0.05) is 35.0 Å². The zero-order chi connectivity index (χ0) is 11.5. The van der Waals surface area contributed by atoms with E-state index in [0.717, 1.165) is 30.5 Å². The molecule has 0 bridgehead atoms. The van der Waals surface area contributed by atoms with Crippen molar-refractivity contribution in [3.63, 3.8) is 0 Å². The molecule has 0 amide bonds. The van der Waals surface area contributed by atoms with Crippen molar-refractivity contribution in [1.82, 2.24) is 4.90 Å². The SMILES string of the molecule is CC1CN(Cc2cccc(Br)c2)CCC1O. The summed E-state index contributed by atoms with van der Waals surface area (Å²) in [6, 6.07) is 8.43. The molecule has 1 fully saturated rings. The van der Waals surface area contributed by atoms with Gasteiger partial charge in [-0.25, -0.2) is 0 Å². The fourth-order valence-corrected chi connectivity index (χ4v) is 2.70. The maximum Gasteiger partial charge on any atom is 0.0590 e. The molecule has 1 aromatic carbocycles. The molecule has 2 unspecified atom stereocenters. The Kier molecular flexibility index (Phi) is 4.00. The van der Waals surface area contributed by atoms with Crippen LogP contribution in [0.3, 0.4) is 0 Å². The maximum absolute atomic E-state index is 9.67. The van der Waals surface area contributed by atoms with Gasteiger partial charge in [0.15, 0.2) is 0 Å². The third-order valence-corrected chi connectivity index (χ3v) is 3.73. The summed E-state index contributed by atoms with van der Waals surface area (Å²) in [4.78, 5) is 2.42. The number of hydrogen-bond acceptors (Lipinski definition) is 2. The van der Waals surface area contributed by atoms with E-state index in [4.69, 9.17) is 0 Å². The largest absolute Gasteiger partial charge is 0.393 e. The fraction of sp³-hybridized carbons (Fsp3) is 0.538. The fourth-order valence-electron chi connectivity index (χ4n) is 2.26. The molecule has 16 heavy (non-hydrogen) atoms. The van der Waals surface area contributed by atoms with E-state index in [0.29, 0.717) is 5.92 Å². The van der Waals surface area contributed by atoms with Crippen LogP contribution >= 0.6 is 15.9 Å². The van der Waals surface area contributed by atoms with Gasteiger partial charge < -0.3 is 5.11 Å². The van der Waals surface area contributed by atoms with Gasteiger partial charge in [-0.05, 0) is 30.0 Å². The highest BCUT2D eigenvalue weighted by molar-refractivity contribution is 9.10. The van der Waals surface area contributed by atoms with Crippen LogP contribution in [0.4, 0.5) is 0 Å². The van der Waals surface area contributed by atoms with Crippen molar-refractivity contribution in [2.75, 3.05) is 13.1 Å². The quantitative estimate of drug-likeness (QED) is 0.902. The van der Waals surface area contributed by atoms with E-state index in [1.807, 2.05) is 6.07 Å². The molecule has 1 heterocycles. The van der Waals surface area contributed by atoms with Crippen LogP contribution < -0.4 is 0 Å². The first-order valence-electron chi connectivity index (χ1n) is 5.80. The summed E-state index contributed by atoms with van der Waals surface area (Å²) in [5, 5.41) is 9.67. The first kappa shape index (κ1) is 12.1. The number of likely N-dealkylation sites (tertiary alicyclic amines) is 1. The highest BCUT2D eigenvalue weighted by Gasteiger charge is 2.23. The van der Waals surface area contributed by atoms with Gasteiger partial charge in [-0.15, -0.1) is 0 Å². The van der Waals surface area contributed by atoms with Crippen LogP contribution in [0.2, 0.25) is 0 Å². The molecular formula is C13H18BrNO. The van der Waals surface area contributed by atoms with Crippen LogP contribution in [0.15, 0.2) is 28.7 Å². The summed E-state index contributed by atoms with van der Waals surface area (Å²) < 4.78 is 1.13. The number of piperidine rings is 1.